The highest BCUT2D eigenvalue weighted by Crippen LogP contribution is 2.43. The Kier molecular flexibility index (Phi) is 5.28. The maximum atomic E-state index is 13.5. The summed E-state index contributed by atoms with van der Waals surface area (Å²) in [5.41, 5.74) is 6.17. The summed E-state index contributed by atoms with van der Waals surface area (Å²) >= 11 is 0. The topological polar surface area (TPSA) is 25.2 Å². The van der Waals surface area contributed by atoms with Gasteiger partial charge in [0.15, 0.2) is 0 Å². The van der Waals surface area contributed by atoms with Gasteiger partial charge in [0, 0.05) is 22.9 Å². The SMILES string of the molecule is CC(C)c1c(CO)c(-c2ccc(F)cc2)c(-c2ccccc2)n1C(C)C. The fourth-order valence-corrected chi connectivity index (χ4v) is 3.79. The van der Waals surface area contributed by atoms with Crippen LogP contribution in [0.4, 0.5) is 4.39 Å². The van der Waals surface area contributed by atoms with E-state index < -0.39 is 0 Å². The van der Waals surface area contributed by atoms with Gasteiger partial charge in [0.2, 0.25) is 0 Å². The fraction of sp³-hybridized carbons (Fsp3) is 0.304. The molecule has 26 heavy (non-hydrogen) atoms. The molecule has 0 unspecified atom stereocenters. The minimum absolute atomic E-state index is 0.0419. The lowest BCUT2D eigenvalue weighted by atomic mass is 9.95. The quantitative estimate of drug-likeness (QED) is 0.585. The van der Waals surface area contributed by atoms with Gasteiger partial charge >= 0.3 is 0 Å². The minimum atomic E-state index is -0.257. The van der Waals surface area contributed by atoms with Crippen molar-refractivity contribution in [3.05, 3.63) is 71.7 Å². The molecule has 2 nitrogen and oxygen atoms in total. The molecule has 136 valence electrons. The summed E-state index contributed by atoms with van der Waals surface area (Å²) in [6.45, 7) is 8.58. The predicted octanol–water partition coefficient (Wildman–Crippen LogP) is 6.16. The first-order chi connectivity index (χ1) is 12.5. The molecule has 0 aliphatic heterocycles. The zero-order valence-corrected chi connectivity index (χ0v) is 15.8. The number of hydrogen-bond donors (Lipinski definition) is 1. The van der Waals surface area contributed by atoms with Gasteiger partial charge < -0.3 is 9.67 Å². The number of aliphatic hydroxyl groups is 1. The van der Waals surface area contributed by atoms with E-state index in [2.05, 4.69) is 44.4 Å². The Balaban J connectivity index is 2.44. The molecule has 0 saturated heterocycles. The first-order valence-corrected chi connectivity index (χ1v) is 9.14. The van der Waals surface area contributed by atoms with Crippen molar-refractivity contribution in [1.29, 1.82) is 0 Å². The summed E-state index contributed by atoms with van der Waals surface area (Å²) in [6, 6.07) is 17.0. The Morgan fingerprint density at radius 3 is 2.00 bits per heavy atom. The molecule has 0 saturated carbocycles. The summed E-state index contributed by atoms with van der Waals surface area (Å²) in [5, 5.41) is 10.2. The molecular formula is C23H26FNO. The number of halogens is 1. The second kappa shape index (κ2) is 7.46. The predicted molar refractivity (Wildman–Crippen MR) is 106 cm³/mol. The molecule has 0 aliphatic carbocycles. The molecule has 0 bridgehead atoms. The molecule has 0 aliphatic rings. The van der Waals surface area contributed by atoms with Crippen LogP contribution in [-0.2, 0) is 6.61 Å². The van der Waals surface area contributed by atoms with Gasteiger partial charge in [0.25, 0.3) is 0 Å². The van der Waals surface area contributed by atoms with Gasteiger partial charge in [-0.3, -0.25) is 0 Å². The van der Waals surface area contributed by atoms with Gasteiger partial charge in [-0.15, -0.1) is 0 Å². The largest absolute Gasteiger partial charge is 0.392 e. The molecule has 0 amide bonds. The Hall–Kier alpha value is -2.39. The summed E-state index contributed by atoms with van der Waals surface area (Å²) in [4.78, 5) is 0. The van der Waals surface area contributed by atoms with Crippen LogP contribution in [0.1, 0.15) is 50.9 Å². The van der Waals surface area contributed by atoms with E-state index >= 15 is 0 Å². The van der Waals surface area contributed by atoms with E-state index in [9.17, 15) is 9.50 Å². The molecule has 1 aromatic heterocycles. The number of rotatable bonds is 5. The average molecular weight is 351 g/mol. The maximum absolute atomic E-state index is 13.5. The second-order valence-corrected chi connectivity index (χ2v) is 7.24. The molecule has 0 atom stereocenters. The lowest BCUT2D eigenvalue weighted by Crippen LogP contribution is -2.10. The van der Waals surface area contributed by atoms with Gasteiger partial charge in [-0.05, 0) is 43.0 Å². The molecule has 3 heteroatoms. The first kappa shape index (κ1) is 18.4. The third-order valence-corrected chi connectivity index (χ3v) is 4.75. The summed E-state index contributed by atoms with van der Waals surface area (Å²) in [5.74, 6) is 0.00384. The van der Waals surface area contributed by atoms with E-state index in [0.717, 1.165) is 33.6 Å². The average Bonchev–Trinajstić information content (AvgIpc) is 2.98. The molecule has 3 aromatic rings. The standard InChI is InChI=1S/C23H26FNO/c1-15(2)22-20(14-26)21(17-10-12-19(24)13-11-17)23(25(22)16(3)4)18-8-6-5-7-9-18/h5-13,15-16,26H,14H2,1-4H3. The summed E-state index contributed by atoms with van der Waals surface area (Å²) in [6.07, 6.45) is 0. The van der Waals surface area contributed by atoms with Crippen molar-refractivity contribution in [2.45, 2.75) is 46.3 Å². The monoisotopic (exact) mass is 351 g/mol. The van der Waals surface area contributed by atoms with Crippen LogP contribution < -0.4 is 0 Å². The molecule has 0 fully saturated rings. The van der Waals surface area contributed by atoms with Gasteiger partial charge in [-0.1, -0.05) is 56.3 Å². The van der Waals surface area contributed by atoms with E-state index in [4.69, 9.17) is 0 Å². The lowest BCUT2D eigenvalue weighted by Gasteiger charge is -2.20. The Labute approximate surface area is 154 Å². The normalized spacial score (nSPS) is 11.5. The Bertz CT molecular complexity index is 877. The Morgan fingerprint density at radius 2 is 1.50 bits per heavy atom. The van der Waals surface area contributed by atoms with Crippen molar-refractivity contribution in [3.63, 3.8) is 0 Å². The van der Waals surface area contributed by atoms with E-state index in [1.165, 1.54) is 12.1 Å². The molecule has 0 spiro atoms. The smallest absolute Gasteiger partial charge is 0.123 e. The third-order valence-electron chi connectivity index (χ3n) is 4.75. The number of aliphatic hydroxyl groups excluding tert-OH is 1. The van der Waals surface area contributed by atoms with Gasteiger partial charge in [0.05, 0.1) is 12.3 Å². The van der Waals surface area contributed by atoms with Crippen molar-refractivity contribution >= 4 is 0 Å². The van der Waals surface area contributed by atoms with Crippen LogP contribution in [0, 0.1) is 5.82 Å². The number of aromatic nitrogens is 1. The zero-order chi connectivity index (χ0) is 18.8. The maximum Gasteiger partial charge on any atom is 0.123 e. The van der Waals surface area contributed by atoms with Gasteiger partial charge in [0.1, 0.15) is 5.82 Å². The van der Waals surface area contributed by atoms with Gasteiger partial charge in [-0.25, -0.2) is 4.39 Å². The molecule has 3 rings (SSSR count). The first-order valence-electron chi connectivity index (χ1n) is 9.14. The molecule has 2 aromatic carbocycles. The number of nitrogens with zero attached hydrogens (tertiary/aromatic N) is 1. The van der Waals surface area contributed by atoms with Crippen LogP contribution >= 0.6 is 0 Å². The molecule has 1 heterocycles. The van der Waals surface area contributed by atoms with Crippen molar-refractivity contribution in [2.75, 3.05) is 0 Å². The van der Waals surface area contributed by atoms with E-state index in [0.29, 0.717) is 0 Å². The highest BCUT2D eigenvalue weighted by atomic mass is 19.1. The summed E-state index contributed by atoms with van der Waals surface area (Å²) in [7, 11) is 0. The highest BCUT2D eigenvalue weighted by Gasteiger charge is 2.27. The minimum Gasteiger partial charge on any atom is -0.392 e. The highest BCUT2D eigenvalue weighted by molar-refractivity contribution is 5.86. The van der Waals surface area contributed by atoms with Crippen LogP contribution in [0.5, 0.6) is 0 Å². The third kappa shape index (κ3) is 3.19. The fourth-order valence-electron chi connectivity index (χ4n) is 3.79. The van der Waals surface area contributed by atoms with Crippen LogP contribution in [0.25, 0.3) is 22.4 Å². The summed E-state index contributed by atoms with van der Waals surface area (Å²) < 4.78 is 15.8. The molecule has 0 radical (unpaired) electrons. The lowest BCUT2D eigenvalue weighted by molar-refractivity contribution is 0.280. The van der Waals surface area contributed by atoms with Crippen LogP contribution in [-0.4, -0.2) is 9.67 Å². The number of benzene rings is 2. The van der Waals surface area contributed by atoms with Crippen LogP contribution in [0.15, 0.2) is 54.6 Å². The zero-order valence-electron chi connectivity index (χ0n) is 15.8. The van der Waals surface area contributed by atoms with E-state index in [-0.39, 0.29) is 24.4 Å². The van der Waals surface area contributed by atoms with E-state index in [1.807, 2.05) is 18.2 Å². The second-order valence-electron chi connectivity index (χ2n) is 7.24. The molecular weight excluding hydrogens is 325 g/mol. The van der Waals surface area contributed by atoms with Crippen molar-refractivity contribution in [2.24, 2.45) is 0 Å². The van der Waals surface area contributed by atoms with Crippen LogP contribution in [0.3, 0.4) is 0 Å². The van der Waals surface area contributed by atoms with Crippen LogP contribution in [0.2, 0.25) is 0 Å². The Morgan fingerprint density at radius 1 is 0.885 bits per heavy atom. The van der Waals surface area contributed by atoms with Crippen molar-refractivity contribution < 1.29 is 9.50 Å². The number of hydrogen-bond acceptors (Lipinski definition) is 1. The van der Waals surface area contributed by atoms with Crippen molar-refractivity contribution in [1.82, 2.24) is 4.57 Å². The molecule has 1 N–H and O–H groups in total. The van der Waals surface area contributed by atoms with Gasteiger partial charge in [-0.2, -0.15) is 0 Å². The van der Waals surface area contributed by atoms with Crippen molar-refractivity contribution in [3.8, 4) is 22.4 Å². The van der Waals surface area contributed by atoms with E-state index in [1.54, 1.807) is 12.1 Å².